The Kier molecular flexibility index (Phi) is 6.29. The molecular weight excluding hydrogens is 360 g/mol. The van der Waals surface area contributed by atoms with Crippen molar-refractivity contribution in [3.8, 4) is 11.5 Å². The summed E-state index contributed by atoms with van der Waals surface area (Å²) in [6.45, 7) is 3.88. The number of likely N-dealkylation sites (tertiary alicyclic amines) is 1. The van der Waals surface area contributed by atoms with Gasteiger partial charge >= 0.3 is 0 Å². The Morgan fingerprint density at radius 3 is 2.63 bits per heavy atom. The van der Waals surface area contributed by atoms with Crippen LogP contribution in [-0.4, -0.2) is 42.6 Å². The third kappa shape index (κ3) is 4.98. The quantitative estimate of drug-likeness (QED) is 0.768. The van der Waals surface area contributed by atoms with E-state index in [1.165, 1.54) is 12.8 Å². The molecule has 2 aromatic rings. The molecule has 0 bridgehead atoms. The summed E-state index contributed by atoms with van der Waals surface area (Å²) in [5, 5.41) is 2.82. The van der Waals surface area contributed by atoms with E-state index in [1.54, 1.807) is 13.2 Å². The molecule has 0 saturated carbocycles. The van der Waals surface area contributed by atoms with E-state index in [9.17, 15) is 4.79 Å². The second kappa shape index (κ2) is 8.86. The molecule has 1 heterocycles. The van der Waals surface area contributed by atoms with Crippen molar-refractivity contribution in [3.63, 3.8) is 0 Å². The van der Waals surface area contributed by atoms with Crippen LogP contribution in [0, 0.1) is 6.92 Å². The third-order valence-electron chi connectivity index (χ3n) is 4.46. The molecule has 5 nitrogen and oxygen atoms in total. The van der Waals surface area contributed by atoms with Gasteiger partial charge in [-0.1, -0.05) is 24.4 Å². The molecule has 1 N–H and O–H groups in total. The van der Waals surface area contributed by atoms with Gasteiger partial charge in [-0.05, 0) is 55.7 Å². The number of hydrogen-bond acceptors (Lipinski definition) is 4. The van der Waals surface area contributed by atoms with Crippen molar-refractivity contribution in [3.05, 3.63) is 53.6 Å². The molecule has 0 aliphatic carbocycles. The van der Waals surface area contributed by atoms with Crippen molar-refractivity contribution in [2.45, 2.75) is 19.8 Å². The molecule has 1 aliphatic heterocycles. The molecule has 0 unspecified atom stereocenters. The third-order valence-corrected chi connectivity index (χ3v) is 4.96. The number of anilines is 1. The summed E-state index contributed by atoms with van der Waals surface area (Å²) in [5.41, 5.74) is 2.77. The normalized spacial score (nSPS) is 13.3. The van der Waals surface area contributed by atoms with Crippen molar-refractivity contribution < 1.29 is 14.3 Å². The number of methoxy groups -OCH3 is 1. The highest BCUT2D eigenvalue weighted by Gasteiger charge is 2.18. The van der Waals surface area contributed by atoms with Gasteiger partial charge in [-0.2, -0.15) is 0 Å². The van der Waals surface area contributed by atoms with E-state index in [4.69, 9.17) is 21.7 Å². The largest absolute Gasteiger partial charge is 0.493 e. The van der Waals surface area contributed by atoms with Crippen LogP contribution < -0.4 is 14.8 Å². The zero-order valence-corrected chi connectivity index (χ0v) is 16.5. The molecule has 0 radical (unpaired) electrons. The molecule has 3 rings (SSSR count). The highest BCUT2D eigenvalue weighted by atomic mass is 32.1. The minimum Gasteiger partial charge on any atom is -0.493 e. The number of benzene rings is 2. The first-order chi connectivity index (χ1) is 13.1. The summed E-state index contributed by atoms with van der Waals surface area (Å²) in [4.78, 5) is 15.2. The van der Waals surface area contributed by atoms with Crippen molar-refractivity contribution in [2.75, 3.05) is 32.1 Å². The maximum atomic E-state index is 12.1. The van der Waals surface area contributed by atoms with Crippen LogP contribution >= 0.6 is 12.2 Å². The van der Waals surface area contributed by atoms with Gasteiger partial charge in [0.15, 0.2) is 18.1 Å². The molecule has 0 spiro atoms. The van der Waals surface area contributed by atoms with Crippen LogP contribution in [0.2, 0.25) is 0 Å². The summed E-state index contributed by atoms with van der Waals surface area (Å²) in [6.07, 6.45) is 2.35. The zero-order valence-electron chi connectivity index (χ0n) is 15.7. The van der Waals surface area contributed by atoms with Crippen LogP contribution in [0.1, 0.15) is 24.0 Å². The Morgan fingerprint density at radius 1 is 1.15 bits per heavy atom. The topological polar surface area (TPSA) is 50.8 Å². The Bertz CT molecular complexity index is 832. The number of amides is 1. The fraction of sp³-hybridized carbons (Fsp3) is 0.333. The summed E-state index contributed by atoms with van der Waals surface area (Å²) < 4.78 is 11.1. The first-order valence-corrected chi connectivity index (χ1v) is 9.44. The van der Waals surface area contributed by atoms with E-state index in [1.807, 2.05) is 43.3 Å². The Balaban J connectivity index is 1.62. The van der Waals surface area contributed by atoms with Crippen molar-refractivity contribution in [1.82, 2.24) is 4.90 Å². The number of nitrogens with one attached hydrogen (secondary N) is 1. The number of hydrogen-bond donors (Lipinski definition) is 1. The van der Waals surface area contributed by atoms with Crippen molar-refractivity contribution >= 4 is 28.8 Å². The standard InChI is InChI=1S/C21H24N2O3S/c1-15-6-5-7-17(12-15)22-20(24)14-26-18-9-8-16(13-19(18)25-2)21(27)23-10-3-4-11-23/h5-9,12-13H,3-4,10-11,14H2,1-2H3,(H,22,24). The fourth-order valence-corrected chi connectivity index (χ4v) is 3.40. The molecule has 1 fully saturated rings. The van der Waals surface area contributed by atoms with Gasteiger partial charge in [-0.15, -0.1) is 0 Å². The average Bonchev–Trinajstić information content (AvgIpc) is 3.20. The van der Waals surface area contributed by atoms with Gasteiger partial charge in [0.2, 0.25) is 0 Å². The average molecular weight is 385 g/mol. The molecular formula is C21H24N2O3S. The summed E-state index contributed by atoms with van der Waals surface area (Å²) in [5.74, 6) is 0.863. The predicted octanol–water partition coefficient (Wildman–Crippen LogP) is 3.79. The number of carbonyl (C=O) groups is 1. The molecule has 0 atom stereocenters. The zero-order chi connectivity index (χ0) is 19.2. The van der Waals surface area contributed by atoms with Crippen LogP contribution in [0.3, 0.4) is 0 Å². The van der Waals surface area contributed by atoms with Gasteiger partial charge in [0.05, 0.1) is 7.11 Å². The molecule has 27 heavy (non-hydrogen) atoms. The summed E-state index contributed by atoms with van der Waals surface area (Å²) >= 11 is 5.59. The van der Waals surface area contributed by atoms with Crippen molar-refractivity contribution in [2.24, 2.45) is 0 Å². The summed E-state index contributed by atoms with van der Waals surface area (Å²) in [7, 11) is 1.58. The SMILES string of the molecule is COc1cc(C(=S)N2CCCC2)ccc1OCC(=O)Nc1cccc(C)c1. The van der Waals surface area contributed by atoms with Gasteiger partial charge in [-0.3, -0.25) is 4.79 Å². The monoisotopic (exact) mass is 384 g/mol. The second-order valence-corrected chi connectivity index (χ2v) is 6.96. The fourth-order valence-electron chi connectivity index (χ4n) is 3.09. The van der Waals surface area contributed by atoms with E-state index in [0.717, 1.165) is 34.9 Å². The number of rotatable bonds is 6. The van der Waals surface area contributed by atoms with Gasteiger partial charge in [0.25, 0.3) is 5.91 Å². The molecule has 1 saturated heterocycles. The number of carbonyl (C=O) groups excluding carboxylic acids is 1. The predicted molar refractivity (Wildman–Crippen MR) is 111 cm³/mol. The van der Waals surface area contributed by atoms with Crippen LogP contribution in [0.5, 0.6) is 11.5 Å². The lowest BCUT2D eigenvalue weighted by Crippen LogP contribution is -2.26. The minimum absolute atomic E-state index is 0.0970. The van der Waals surface area contributed by atoms with Gasteiger partial charge < -0.3 is 19.7 Å². The van der Waals surface area contributed by atoms with E-state index in [-0.39, 0.29) is 12.5 Å². The van der Waals surface area contributed by atoms with Crippen molar-refractivity contribution in [1.29, 1.82) is 0 Å². The maximum Gasteiger partial charge on any atom is 0.262 e. The van der Waals surface area contributed by atoms with E-state index < -0.39 is 0 Å². The molecule has 0 aromatic heterocycles. The summed E-state index contributed by atoms with van der Waals surface area (Å²) in [6, 6.07) is 13.2. The first kappa shape index (κ1) is 19.2. The number of aryl methyl sites for hydroxylation is 1. The van der Waals surface area contributed by atoms with E-state index in [0.29, 0.717) is 11.5 Å². The van der Waals surface area contributed by atoms with Crippen LogP contribution in [0.4, 0.5) is 5.69 Å². The lowest BCUT2D eigenvalue weighted by atomic mass is 10.2. The van der Waals surface area contributed by atoms with E-state index >= 15 is 0 Å². The van der Waals surface area contributed by atoms with Gasteiger partial charge in [0.1, 0.15) is 4.99 Å². The lowest BCUT2D eigenvalue weighted by Gasteiger charge is -2.19. The van der Waals surface area contributed by atoms with Crippen LogP contribution in [0.25, 0.3) is 0 Å². The highest BCUT2D eigenvalue weighted by molar-refractivity contribution is 7.80. The van der Waals surface area contributed by atoms with Crippen LogP contribution in [0.15, 0.2) is 42.5 Å². The number of nitrogens with zero attached hydrogens (tertiary/aromatic N) is 1. The minimum atomic E-state index is -0.223. The van der Waals surface area contributed by atoms with Gasteiger partial charge in [-0.25, -0.2) is 0 Å². The Labute approximate surface area is 165 Å². The maximum absolute atomic E-state index is 12.1. The number of thiocarbonyl (C=S) groups is 1. The molecule has 2 aromatic carbocycles. The highest BCUT2D eigenvalue weighted by Crippen LogP contribution is 2.29. The van der Waals surface area contributed by atoms with Gasteiger partial charge in [0, 0.05) is 24.3 Å². The second-order valence-electron chi connectivity index (χ2n) is 6.57. The van der Waals surface area contributed by atoms with E-state index in [2.05, 4.69) is 10.2 Å². The Hall–Kier alpha value is -2.60. The number of ether oxygens (including phenoxy) is 2. The molecule has 6 heteroatoms. The van der Waals surface area contributed by atoms with Crippen LogP contribution in [-0.2, 0) is 4.79 Å². The molecule has 142 valence electrons. The first-order valence-electron chi connectivity index (χ1n) is 9.03. The smallest absolute Gasteiger partial charge is 0.262 e. The molecule has 1 amide bonds. The lowest BCUT2D eigenvalue weighted by molar-refractivity contribution is -0.118. The molecule has 1 aliphatic rings. The Morgan fingerprint density at radius 2 is 1.93 bits per heavy atom.